The number of carbonyl (C=O) groups excluding carboxylic acids is 2. The molecule has 28 heavy (non-hydrogen) atoms. The number of carbonyl (C=O) groups is 2. The molecule has 0 bridgehead atoms. The molecule has 0 spiro atoms. The van der Waals surface area contributed by atoms with Crippen LogP contribution >= 0.6 is 0 Å². The van der Waals surface area contributed by atoms with Crippen LogP contribution in [0.4, 0.5) is 11.5 Å². The van der Waals surface area contributed by atoms with E-state index in [0.717, 1.165) is 60.3 Å². The Morgan fingerprint density at radius 3 is 2.61 bits per heavy atom. The van der Waals surface area contributed by atoms with Gasteiger partial charge in [0.1, 0.15) is 5.82 Å². The van der Waals surface area contributed by atoms with Gasteiger partial charge in [0.05, 0.1) is 5.52 Å². The van der Waals surface area contributed by atoms with Gasteiger partial charge in [0.2, 0.25) is 11.8 Å². The minimum Gasteiger partial charge on any atom is -0.357 e. The van der Waals surface area contributed by atoms with E-state index >= 15 is 0 Å². The number of anilines is 2. The predicted molar refractivity (Wildman–Crippen MR) is 114 cm³/mol. The van der Waals surface area contributed by atoms with Crippen LogP contribution in [0.5, 0.6) is 0 Å². The van der Waals surface area contributed by atoms with E-state index in [0.29, 0.717) is 0 Å². The fraction of sp³-hybridized carbons (Fsp3) is 0.500. The molecule has 6 heteroatoms. The summed E-state index contributed by atoms with van der Waals surface area (Å²) < 4.78 is 0. The smallest absolute Gasteiger partial charge is 0.223 e. The summed E-state index contributed by atoms with van der Waals surface area (Å²) in [4.78, 5) is 30.7. The molecule has 2 heterocycles. The van der Waals surface area contributed by atoms with Gasteiger partial charge < -0.3 is 15.5 Å². The van der Waals surface area contributed by atoms with Crippen LogP contribution in [0.2, 0.25) is 0 Å². The SMILES string of the molecule is CC[C@H](C)NC(=O)C1CCN(c2cc(C)c3cc(NC(C)=O)ccc3n2)CC1. The molecule has 1 atom stereocenters. The molecule has 3 rings (SSSR count). The van der Waals surface area contributed by atoms with Crippen LogP contribution in [-0.2, 0) is 9.59 Å². The van der Waals surface area contributed by atoms with Gasteiger partial charge in [-0.3, -0.25) is 9.59 Å². The maximum Gasteiger partial charge on any atom is 0.223 e. The average molecular weight is 383 g/mol. The standard InChI is InChI=1S/C22H30N4O2/c1-5-15(3)23-22(28)17-8-10-26(11-9-17)21-12-14(2)19-13-18(24-16(4)27)6-7-20(19)25-21/h6-7,12-13,15,17H,5,8-11H2,1-4H3,(H,23,28)(H,24,27)/t15-/m0/s1. The largest absolute Gasteiger partial charge is 0.357 e. The first-order chi connectivity index (χ1) is 13.4. The minimum atomic E-state index is -0.0816. The third-order valence-corrected chi connectivity index (χ3v) is 5.51. The monoisotopic (exact) mass is 382 g/mol. The number of aryl methyl sites for hydroxylation is 1. The summed E-state index contributed by atoms with van der Waals surface area (Å²) in [5.74, 6) is 1.15. The fourth-order valence-corrected chi connectivity index (χ4v) is 3.65. The lowest BCUT2D eigenvalue weighted by Crippen LogP contribution is -2.43. The third kappa shape index (κ3) is 4.61. The highest BCUT2D eigenvalue weighted by Crippen LogP contribution is 2.28. The number of hydrogen-bond donors (Lipinski definition) is 2. The molecule has 1 aliphatic rings. The van der Waals surface area contributed by atoms with Crippen LogP contribution in [-0.4, -0.2) is 35.9 Å². The van der Waals surface area contributed by atoms with Gasteiger partial charge in [0, 0.05) is 43.0 Å². The Morgan fingerprint density at radius 2 is 1.96 bits per heavy atom. The normalized spacial score (nSPS) is 16.1. The van der Waals surface area contributed by atoms with E-state index in [-0.39, 0.29) is 23.8 Å². The lowest BCUT2D eigenvalue weighted by molar-refractivity contribution is -0.126. The number of piperidine rings is 1. The number of nitrogens with one attached hydrogen (secondary N) is 2. The molecule has 0 saturated carbocycles. The summed E-state index contributed by atoms with van der Waals surface area (Å²) in [6.45, 7) is 9.37. The van der Waals surface area contributed by atoms with Crippen LogP contribution in [0.1, 0.15) is 45.6 Å². The van der Waals surface area contributed by atoms with Gasteiger partial charge in [-0.05, 0) is 62.9 Å². The second-order valence-corrected chi connectivity index (χ2v) is 7.79. The van der Waals surface area contributed by atoms with Crippen molar-refractivity contribution in [3.63, 3.8) is 0 Å². The zero-order valence-corrected chi connectivity index (χ0v) is 17.2. The van der Waals surface area contributed by atoms with E-state index in [2.05, 4.69) is 35.4 Å². The van der Waals surface area contributed by atoms with Gasteiger partial charge >= 0.3 is 0 Å². The first-order valence-electron chi connectivity index (χ1n) is 10.1. The van der Waals surface area contributed by atoms with Gasteiger partial charge in [-0.1, -0.05) is 6.92 Å². The zero-order valence-electron chi connectivity index (χ0n) is 17.2. The number of hydrogen-bond acceptors (Lipinski definition) is 4. The van der Waals surface area contributed by atoms with Crippen molar-refractivity contribution in [2.45, 2.75) is 53.0 Å². The fourth-order valence-electron chi connectivity index (χ4n) is 3.65. The third-order valence-electron chi connectivity index (χ3n) is 5.51. The summed E-state index contributed by atoms with van der Waals surface area (Å²) in [6, 6.07) is 8.13. The molecule has 1 saturated heterocycles. The molecule has 0 unspecified atom stereocenters. The molecule has 1 fully saturated rings. The number of amides is 2. The maximum atomic E-state index is 12.4. The zero-order chi connectivity index (χ0) is 20.3. The van der Waals surface area contributed by atoms with Crippen molar-refractivity contribution in [2.75, 3.05) is 23.3 Å². The quantitative estimate of drug-likeness (QED) is 0.828. The van der Waals surface area contributed by atoms with E-state index in [1.165, 1.54) is 6.92 Å². The number of pyridine rings is 1. The molecule has 6 nitrogen and oxygen atoms in total. The molecule has 150 valence electrons. The van der Waals surface area contributed by atoms with E-state index in [9.17, 15) is 9.59 Å². The van der Waals surface area contributed by atoms with Crippen molar-refractivity contribution in [2.24, 2.45) is 5.92 Å². The maximum absolute atomic E-state index is 12.4. The summed E-state index contributed by atoms with van der Waals surface area (Å²) in [5.41, 5.74) is 2.83. The number of fused-ring (bicyclic) bond motifs is 1. The van der Waals surface area contributed by atoms with Crippen molar-refractivity contribution in [1.82, 2.24) is 10.3 Å². The van der Waals surface area contributed by atoms with E-state index in [4.69, 9.17) is 4.98 Å². The highest BCUT2D eigenvalue weighted by atomic mass is 16.2. The summed E-state index contributed by atoms with van der Waals surface area (Å²) in [5, 5.41) is 6.96. The Bertz CT molecular complexity index is 872. The van der Waals surface area contributed by atoms with Gasteiger partial charge in [-0.25, -0.2) is 4.98 Å². The second kappa shape index (κ2) is 8.59. The molecule has 2 N–H and O–H groups in total. The molecule has 0 radical (unpaired) electrons. The van der Waals surface area contributed by atoms with Crippen molar-refractivity contribution < 1.29 is 9.59 Å². The van der Waals surface area contributed by atoms with Gasteiger partial charge in [0.15, 0.2) is 0 Å². The second-order valence-electron chi connectivity index (χ2n) is 7.79. The molecule has 2 aromatic rings. The lowest BCUT2D eigenvalue weighted by Gasteiger charge is -2.33. The predicted octanol–water partition coefficient (Wildman–Crippen LogP) is 3.63. The molecule has 1 aromatic carbocycles. The topological polar surface area (TPSA) is 74.3 Å². The molecule has 0 aliphatic carbocycles. The van der Waals surface area contributed by atoms with Crippen molar-refractivity contribution in [3.8, 4) is 0 Å². The minimum absolute atomic E-state index is 0.0816. The highest BCUT2D eigenvalue weighted by molar-refractivity contribution is 5.93. The summed E-state index contributed by atoms with van der Waals surface area (Å²) >= 11 is 0. The first kappa shape index (κ1) is 20.1. The summed E-state index contributed by atoms with van der Waals surface area (Å²) in [7, 11) is 0. The van der Waals surface area contributed by atoms with Gasteiger partial charge in [0.25, 0.3) is 0 Å². The first-order valence-corrected chi connectivity index (χ1v) is 10.1. The van der Waals surface area contributed by atoms with Crippen LogP contribution in [0.15, 0.2) is 24.3 Å². The number of aromatic nitrogens is 1. The van der Waals surface area contributed by atoms with E-state index in [1.807, 2.05) is 25.1 Å². The Kier molecular flexibility index (Phi) is 6.17. The Balaban J connectivity index is 1.71. The Labute approximate surface area is 166 Å². The highest BCUT2D eigenvalue weighted by Gasteiger charge is 2.26. The number of nitrogens with zero attached hydrogens (tertiary/aromatic N) is 2. The average Bonchev–Trinajstić information content (AvgIpc) is 2.67. The Hall–Kier alpha value is -2.63. The molecule has 1 aliphatic heterocycles. The van der Waals surface area contributed by atoms with Crippen molar-refractivity contribution in [3.05, 3.63) is 29.8 Å². The molecule has 1 aromatic heterocycles. The van der Waals surface area contributed by atoms with E-state index < -0.39 is 0 Å². The number of rotatable bonds is 5. The Morgan fingerprint density at radius 1 is 1.25 bits per heavy atom. The van der Waals surface area contributed by atoms with Crippen LogP contribution in [0.3, 0.4) is 0 Å². The van der Waals surface area contributed by atoms with Crippen LogP contribution < -0.4 is 15.5 Å². The number of benzene rings is 1. The van der Waals surface area contributed by atoms with Crippen molar-refractivity contribution >= 4 is 34.2 Å². The molecule has 2 amide bonds. The van der Waals surface area contributed by atoms with Gasteiger partial charge in [-0.2, -0.15) is 0 Å². The van der Waals surface area contributed by atoms with Crippen molar-refractivity contribution in [1.29, 1.82) is 0 Å². The molecular formula is C22H30N4O2. The van der Waals surface area contributed by atoms with E-state index in [1.54, 1.807) is 0 Å². The van der Waals surface area contributed by atoms with Crippen LogP contribution in [0, 0.1) is 12.8 Å². The summed E-state index contributed by atoms with van der Waals surface area (Å²) in [6.07, 6.45) is 2.65. The molecular weight excluding hydrogens is 352 g/mol. The van der Waals surface area contributed by atoms with Crippen LogP contribution in [0.25, 0.3) is 10.9 Å². The van der Waals surface area contributed by atoms with Gasteiger partial charge in [-0.15, -0.1) is 0 Å². The lowest BCUT2D eigenvalue weighted by atomic mass is 9.95.